The van der Waals surface area contributed by atoms with Crippen LogP contribution in [0.15, 0.2) is 58.5 Å². The summed E-state index contributed by atoms with van der Waals surface area (Å²) in [4.78, 5) is 14.6. The minimum absolute atomic E-state index is 0.331. The van der Waals surface area contributed by atoms with Crippen LogP contribution in [-0.4, -0.2) is 5.71 Å². The quantitative estimate of drug-likeness (QED) is 0.633. The van der Waals surface area contributed by atoms with Gasteiger partial charge in [-0.25, -0.2) is 0 Å². The third-order valence-electron chi connectivity index (χ3n) is 2.16. The Balaban J connectivity index is 3.27. The molecule has 0 saturated heterocycles. The number of aliphatic imine (C=N–C) groups is 1. The first kappa shape index (κ1) is 11.3. The van der Waals surface area contributed by atoms with Crippen LogP contribution in [0.3, 0.4) is 0 Å². The lowest BCUT2D eigenvalue weighted by Gasteiger charge is -2.00. The van der Waals surface area contributed by atoms with Crippen molar-refractivity contribution in [1.82, 2.24) is 0 Å². The van der Waals surface area contributed by atoms with Crippen molar-refractivity contribution in [3.63, 3.8) is 0 Å². The molecule has 15 heavy (non-hydrogen) atoms. The Morgan fingerprint density at radius 3 is 2.73 bits per heavy atom. The predicted octanol–water partition coefficient (Wildman–Crippen LogP) is 3.37. The van der Waals surface area contributed by atoms with Crippen LogP contribution in [-0.2, 0) is 0 Å². The SMILES string of the molecule is C=CN=C1C=C[C@@H](C)C=C/C1=C(/C)N=O. The van der Waals surface area contributed by atoms with Crippen molar-refractivity contribution in [3.8, 4) is 0 Å². The molecule has 0 aliphatic heterocycles. The maximum absolute atomic E-state index is 10.5. The van der Waals surface area contributed by atoms with Gasteiger partial charge >= 0.3 is 0 Å². The lowest BCUT2D eigenvalue weighted by molar-refractivity contribution is 0.943. The van der Waals surface area contributed by atoms with Gasteiger partial charge in [0, 0.05) is 11.8 Å². The largest absolute Gasteiger partial charge is 0.257 e. The fourth-order valence-corrected chi connectivity index (χ4v) is 1.30. The Morgan fingerprint density at radius 2 is 2.13 bits per heavy atom. The van der Waals surface area contributed by atoms with Crippen molar-refractivity contribution in [2.45, 2.75) is 13.8 Å². The van der Waals surface area contributed by atoms with Crippen LogP contribution in [0.5, 0.6) is 0 Å². The minimum Gasteiger partial charge on any atom is -0.257 e. The molecule has 1 aliphatic carbocycles. The molecule has 1 rings (SSSR count). The molecule has 0 aromatic heterocycles. The molecule has 0 fully saturated rings. The zero-order chi connectivity index (χ0) is 11.3. The lowest BCUT2D eigenvalue weighted by Crippen LogP contribution is -1.97. The highest BCUT2D eigenvalue weighted by Crippen LogP contribution is 2.17. The highest BCUT2D eigenvalue weighted by Gasteiger charge is 2.09. The summed E-state index contributed by atoms with van der Waals surface area (Å²) >= 11 is 0. The van der Waals surface area contributed by atoms with E-state index >= 15 is 0 Å². The summed E-state index contributed by atoms with van der Waals surface area (Å²) < 4.78 is 0. The summed E-state index contributed by atoms with van der Waals surface area (Å²) in [5.74, 6) is 0.331. The molecule has 0 amide bonds. The van der Waals surface area contributed by atoms with E-state index in [1.165, 1.54) is 6.20 Å². The van der Waals surface area contributed by atoms with Gasteiger partial charge in [0.25, 0.3) is 0 Å². The van der Waals surface area contributed by atoms with E-state index in [2.05, 4.69) is 23.7 Å². The van der Waals surface area contributed by atoms with Crippen molar-refractivity contribution < 1.29 is 0 Å². The van der Waals surface area contributed by atoms with Gasteiger partial charge in [0.1, 0.15) is 0 Å². The maximum Gasteiger partial charge on any atom is 0.0911 e. The van der Waals surface area contributed by atoms with Crippen molar-refractivity contribution in [2.75, 3.05) is 0 Å². The van der Waals surface area contributed by atoms with E-state index in [0.29, 0.717) is 11.6 Å². The van der Waals surface area contributed by atoms with Gasteiger partial charge in [-0.05, 0) is 24.1 Å². The molecule has 3 nitrogen and oxygen atoms in total. The van der Waals surface area contributed by atoms with Crippen LogP contribution in [0, 0.1) is 10.8 Å². The summed E-state index contributed by atoms with van der Waals surface area (Å²) in [7, 11) is 0. The van der Waals surface area contributed by atoms with E-state index in [1.54, 1.807) is 6.92 Å². The highest BCUT2D eigenvalue weighted by atomic mass is 16.3. The monoisotopic (exact) mass is 202 g/mol. The zero-order valence-electron chi connectivity index (χ0n) is 8.97. The molecule has 1 aliphatic rings. The summed E-state index contributed by atoms with van der Waals surface area (Å²) in [5, 5.41) is 2.94. The second kappa shape index (κ2) is 5.20. The molecule has 0 bridgehead atoms. The second-order valence-corrected chi connectivity index (χ2v) is 3.36. The molecule has 0 heterocycles. The fourth-order valence-electron chi connectivity index (χ4n) is 1.30. The molecule has 0 aromatic carbocycles. The van der Waals surface area contributed by atoms with Gasteiger partial charge in [-0.1, -0.05) is 31.7 Å². The fraction of sp³-hybridized carbons (Fsp3) is 0.250. The standard InChI is InChI=1S/C12H14N2O/c1-4-13-12-8-6-9(2)5-7-11(12)10(3)14-15/h4-9H,1H2,2-3H3/b11-10+,13-12?/t9-/m0/s1. The van der Waals surface area contributed by atoms with E-state index in [0.717, 1.165) is 11.3 Å². The van der Waals surface area contributed by atoms with Crippen LogP contribution >= 0.6 is 0 Å². The number of hydrogen-bond acceptors (Lipinski definition) is 3. The summed E-state index contributed by atoms with van der Waals surface area (Å²) in [6, 6.07) is 0. The van der Waals surface area contributed by atoms with Crippen molar-refractivity contribution in [3.05, 3.63) is 53.3 Å². The topological polar surface area (TPSA) is 41.8 Å². The van der Waals surface area contributed by atoms with E-state index in [4.69, 9.17) is 0 Å². The van der Waals surface area contributed by atoms with Crippen LogP contribution in [0.2, 0.25) is 0 Å². The lowest BCUT2D eigenvalue weighted by atomic mass is 10.1. The Labute approximate surface area is 89.6 Å². The van der Waals surface area contributed by atoms with Crippen molar-refractivity contribution >= 4 is 5.71 Å². The molecule has 78 valence electrons. The summed E-state index contributed by atoms with van der Waals surface area (Å²) in [5.41, 5.74) is 1.92. The summed E-state index contributed by atoms with van der Waals surface area (Å²) in [6.07, 6.45) is 9.25. The minimum atomic E-state index is 0.331. The first-order valence-electron chi connectivity index (χ1n) is 4.78. The molecular formula is C12H14N2O. The molecule has 0 unspecified atom stereocenters. The van der Waals surface area contributed by atoms with Gasteiger partial charge in [0.2, 0.25) is 0 Å². The molecular weight excluding hydrogens is 188 g/mol. The molecule has 1 atom stereocenters. The maximum atomic E-state index is 10.5. The summed E-state index contributed by atoms with van der Waals surface area (Å²) in [6.45, 7) is 7.28. The number of nitrogens with zero attached hydrogens (tertiary/aromatic N) is 2. The highest BCUT2D eigenvalue weighted by molar-refractivity contribution is 6.11. The van der Waals surface area contributed by atoms with Crippen LogP contribution in [0.4, 0.5) is 0 Å². The zero-order valence-corrected chi connectivity index (χ0v) is 8.97. The van der Waals surface area contributed by atoms with E-state index in [-0.39, 0.29) is 0 Å². The molecule has 0 aromatic rings. The van der Waals surface area contributed by atoms with Gasteiger partial charge in [0.15, 0.2) is 0 Å². The Hall–Kier alpha value is -1.77. The Bertz CT molecular complexity index is 386. The molecule has 0 spiro atoms. The third-order valence-corrected chi connectivity index (χ3v) is 2.16. The van der Waals surface area contributed by atoms with Gasteiger partial charge in [-0.15, -0.1) is 4.91 Å². The predicted molar refractivity (Wildman–Crippen MR) is 63.6 cm³/mol. The molecule has 3 heteroatoms. The molecule has 0 saturated carbocycles. The Kier molecular flexibility index (Phi) is 3.92. The first-order chi connectivity index (χ1) is 7.19. The molecule has 0 radical (unpaired) electrons. The smallest absolute Gasteiger partial charge is 0.0911 e. The van der Waals surface area contributed by atoms with E-state index < -0.39 is 0 Å². The first-order valence-corrected chi connectivity index (χ1v) is 4.78. The van der Waals surface area contributed by atoms with E-state index in [9.17, 15) is 4.91 Å². The average Bonchev–Trinajstić information content (AvgIpc) is 2.41. The Morgan fingerprint density at radius 1 is 1.47 bits per heavy atom. The van der Waals surface area contributed by atoms with E-state index in [1.807, 2.05) is 24.3 Å². The number of allylic oxidation sites excluding steroid dienone is 6. The van der Waals surface area contributed by atoms with Gasteiger partial charge < -0.3 is 0 Å². The van der Waals surface area contributed by atoms with Gasteiger partial charge in [-0.3, -0.25) is 4.99 Å². The average molecular weight is 202 g/mol. The molecule has 0 N–H and O–H groups in total. The normalized spacial score (nSPS) is 26.3. The number of nitroso groups, excluding NO2 is 1. The number of hydrogen-bond donors (Lipinski definition) is 0. The van der Waals surface area contributed by atoms with Crippen molar-refractivity contribution in [2.24, 2.45) is 16.1 Å². The number of rotatable bonds is 2. The van der Waals surface area contributed by atoms with Crippen LogP contribution < -0.4 is 0 Å². The van der Waals surface area contributed by atoms with Crippen LogP contribution in [0.25, 0.3) is 0 Å². The van der Waals surface area contributed by atoms with Crippen LogP contribution in [0.1, 0.15) is 13.8 Å². The van der Waals surface area contributed by atoms with Crippen molar-refractivity contribution in [1.29, 1.82) is 0 Å². The second-order valence-electron chi connectivity index (χ2n) is 3.36. The van der Waals surface area contributed by atoms with Gasteiger partial charge in [0.05, 0.1) is 11.4 Å². The third kappa shape index (κ3) is 2.84. The van der Waals surface area contributed by atoms with Gasteiger partial charge in [-0.2, -0.15) is 0 Å².